The van der Waals surface area contributed by atoms with Crippen molar-refractivity contribution in [2.45, 2.75) is 6.92 Å². The van der Waals surface area contributed by atoms with Gasteiger partial charge < -0.3 is 9.13 Å². The number of benzene rings is 5. The highest BCUT2D eigenvalue weighted by molar-refractivity contribution is 6.15. The summed E-state index contributed by atoms with van der Waals surface area (Å²) in [6, 6.07) is 37.9. The fourth-order valence-corrected chi connectivity index (χ4v) is 5.90. The lowest BCUT2D eigenvalue weighted by atomic mass is 9.93. The van der Waals surface area contributed by atoms with Gasteiger partial charge in [-0.1, -0.05) is 72.8 Å². The molecule has 0 fully saturated rings. The van der Waals surface area contributed by atoms with Crippen molar-refractivity contribution in [2.24, 2.45) is 14.1 Å². The van der Waals surface area contributed by atoms with E-state index in [1.54, 1.807) is 0 Å². The zero-order chi connectivity index (χ0) is 23.7. The molecule has 0 atom stereocenters. The van der Waals surface area contributed by atoms with Crippen molar-refractivity contribution < 1.29 is 0 Å². The minimum Gasteiger partial charge on any atom is -0.344 e. The fraction of sp³-hybridized carbons (Fsp3) is 0.0909. The van der Waals surface area contributed by atoms with Crippen LogP contribution in [0.25, 0.3) is 65.9 Å². The summed E-state index contributed by atoms with van der Waals surface area (Å²) in [6.45, 7) is 2.20. The van der Waals surface area contributed by atoms with Crippen molar-refractivity contribution in [1.29, 1.82) is 0 Å². The first-order valence-electron chi connectivity index (χ1n) is 12.2. The molecule has 168 valence electrons. The molecule has 0 aliphatic carbocycles. The molecule has 7 rings (SSSR count). The van der Waals surface area contributed by atoms with E-state index in [1.165, 1.54) is 71.4 Å². The number of hydrogen-bond donors (Lipinski definition) is 0. The maximum absolute atomic E-state index is 2.35. The Morgan fingerprint density at radius 3 is 1.91 bits per heavy atom. The molecule has 0 spiro atoms. The van der Waals surface area contributed by atoms with E-state index in [9.17, 15) is 0 Å². The smallest absolute Gasteiger partial charge is 0.0495 e. The van der Waals surface area contributed by atoms with Gasteiger partial charge in [0.15, 0.2) is 0 Å². The molecule has 2 heterocycles. The zero-order valence-electron chi connectivity index (χ0n) is 20.2. The Hall–Kier alpha value is -4.30. The van der Waals surface area contributed by atoms with E-state index in [2.05, 4.69) is 133 Å². The third kappa shape index (κ3) is 2.90. The Balaban J connectivity index is 1.46. The molecule has 5 aromatic carbocycles. The van der Waals surface area contributed by atoms with Gasteiger partial charge in [0.2, 0.25) is 0 Å². The number of aryl methyl sites for hydroxylation is 3. The van der Waals surface area contributed by atoms with Crippen LogP contribution in [0.5, 0.6) is 0 Å². The average molecular weight is 451 g/mol. The third-order valence-electron chi connectivity index (χ3n) is 7.57. The van der Waals surface area contributed by atoms with Gasteiger partial charge in [0.1, 0.15) is 0 Å². The van der Waals surface area contributed by atoms with Crippen LogP contribution in [-0.2, 0) is 14.1 Å². The molecule has 35 heavy (non-hydrogen) atoms. The Morgan fingerprint density at radius 2 is 1.09 bits per heavy atom. The second-order valence-electron chi connectivity index (χ2n) is 9.67. The van der Waals surface area contributed by atoms with Crippen LogP contribution in [0.15, 0.2) is 103 Å². The van der Waals surface area contributed by atoms with Gasteiger partial charge in [0, 0.05) is 57.7 Å². The van der Waals surface area contributed by atoms with Crippen LogP contribution in [-0.4, -0.2) is 9.13 Å². The van der Waals surface area contributed by atoms with Crippen molar-refractivity contribution in [3.63, 3.8) is 0 Å². The highest BCUT2D eigenvalue weighted by Gasteiger charge is 2.14. The molecule has 2 heteroatoms. The molecule has 0 unspecified atom stereocenters. The summed E-state index contributed by atoms with van der Waals surface area (Å²) in [7, 11) is 4.33. The maximum Gasteiger partial charge on any atom is 0.0495 e. The first kappa shape index (κ1) is 20.1. The lowest BCUT2D eigenvalue weighted by Crippen LogP contribution is -1.89. The van der Waals surface area contributed by atoms with E-state index >= 15 is 0 Å². The summed E-state index contributed by atoms with van der Waals surface area (Å²) in [5.74, 6) is 0. The molecule has 0 N–H and O–H groups in total. The normalized spacial score (nSPS) is 11.9. The van der Waals surface area contributed by atoms with E-state index in [0.29, 0.717) is 0 Å². The SMILES string of the molecule is Cc1cc(-c2ccc3c4ccccc4n(C)c3c2)cc(-c2cccc3c2c2ccccc2n3C)c1. The Bertz CT molecular complexity index is 1930. The Kier molecular flexibility index (Phi) is 4.22. The lowest BCUT2D eigenvalue weighted by Gasteiger charge is -2.11. The van der Waals surface area contributed by atoms with Crippen molar-refractivity contribution in [3.8, 4) is 22.3 Å². The molecule has 0 saturated carbocycles. The summed E-state index contributed by atoms with van der Waals surface area (Å²) in [6.07, 6.45) is 0. The zero-order valence-corrected chi connectivity index (χ0v) is 20.2. The topological polar surface area (TPSA) is 9.86 Å². The second-order valence-corrected chi connectivity index (χ2v) is 9.67. The summed E-state index contributed by atoms with van der Waals surface area (Å²) in [5.41, 5.74) is 11.4. The first-order chi connectivity index (χ1) is 17.1. The van der Waals surface area contributed by atoms with Crippen LogP contribution in [0.4, 0.5) is 0 Å². The second kappa shape index (κ2) is 7.35. The minimum atomic E-state index is 1.25. The molecule has 0 aliphatic heterocycles. The molecule has 0 saturated heterocycles. The van der Waals surface area contributed by atoms with Crippen molar-refractivity contribution in [3.05, 3.63) is 109 Å². The molecule has 2 nitrogen and oxygen atoms in total. The van der Waals surface area contributed by atoms with Gasteiger partial charge in [-0.3, -0.25) is 0 Å². The van der Waals surface area contributed by atoms with E-state index in [-0.39, 0.29) is 0 Å². The molecule has 7 aromatic rings. The monoisotopic (exact) mass is 450 g/mol. The minimum absolute atomic E-state index is 1.25. The average Bonchev–Trinajstić information content (AvgIpc) is 3.35. The van der Waals surface area contributed by atoms with E-state index in [0.717, 1.165) is 0 Å². The number of rotatable bonds is 2. The van der Waals surface area contributed by atoms with Crippen LogP contribution in [0.2, 0.25) is 0 Å². The Morgan fingerprint density at radius 1 is 0.457 bits per heavy atom. The largest absolute Gasteiger partial charge is 0.344 e. The number of para-hydroxylation sites is 2. The number of aromatic nitrogens is 2. The predicted octanol–water partition coefficient (Wildman–Crippen LogP) is 8.62. The molecule has 0 radical (unpaired) electrons. The number of hydrogen-bond acceptors (Lipinski definition) is 0. The summed E-state index contributed by atoms with van der Waals surface area (Å²) in [5, 5.41) is 5.25. The van der Waals surface area contributed by atoms with Crippen molar-refractivity contribution in [1.82, 2.24) is 9.13 Å². The maximum atomic E-state index is 2.35. The first-order valence-corrected chi connectivity index (χ1v) is 12.2. The van der Waals surface area contributed by atoms with Crippen LogP contribution in [0.3, 0.4) is 0 Å². The summed E-state index contributed by atoms with van der Waals surface area (Å²) < 4.78 is 4.61. The fourth-order valence-electron chi connectivity index (χ4n) is 5.90. The quantitative estimate of drug-likeness (QED) is 0.249. The van der Waals surface area contributed by atoms with Gasteiger partial charge in [-0.05, 0) is 65.1 Å². The van der Waals surface area contributed by atoms with Crippen LogP contribution >= 0.6 is 0 Å². The van der Waals surface area contributed by atoms with Crippen molar-refractivity contribution >= 4 is 43.6 Å². The predicted molar refractivity (Wildman–Crippen MR) is 150 cm³/mol. The molecule has 0 bridgehead atoms. The van der Waals surface area contributed by atoms with Gasteiger partial charge in [-0.2, -0.15) is 0 Å². The molecule has 0 aliphatic rings. The van der Waals surface area contributed by atoms with Gasteiger partial charge in [0.25, 0.3) is 0 Å². The molecular weight excluding hydrogens is 424 g/mol. The highest BCUT2D eigenvalue weighted by Crippen LogP contribution is 2.38. The molecular formula is C33H26N2. The van der Waals surface area contributed by atoms with E-state index in [1.807, 2.05) is 0 Å². The van der Waals surface area contributed by atoms with E-state index < -0.39 is 0 Å². The highest BCUT2D eigenvalue weighted by atomic mass is 14.9. The Labute approximate surface area is 204 Å². The number of fused-ring (bicyclic) bond motifs is 6. The summed E-state index contributed by atoms with van der Waals surface area (Å²) >= 11 is 0. The van der Waals surface area contributed by atoms with Crippen LogP contribution < -0.4 is 0 Å². The van der Waals surface area contributed by atoms with Crippen LogP contribution in [0.1, 0.15) is 5.56 Å². The summed E-state index contributed by atoms with van der Waals surface area (Å²) in [4.78, 5) is 0. The third-order valence-corrected chi connectivity index (χ3v) is 7.57. The van der Waals surface area contributed by atoms with Crippen LogP contribution in [0, 0.1) is 6.92 Å². The lowest BCUT2D eigenvalue weighted by molar-refractivity contribution is 1.01. The van der Waals surface area contributed by atoms with Gasteiger partial charge in [-0.15, -0.1) is 0 Å². The van der Waals surface area contributed by atoms with Crippen molar-refractivity contribution in [2.75, 3.05) is 0 Å². The standard InChI is InChI=1S/C33H26N2/c1-21-17-23(22-15-16-27-26-9-4-6-12-29(26)35(3)32(27)20-22)19-24(18-21)25-11-8-14-31-33(25)28-10-5-7-13-30(28)34(31)2/h4-20H,1-3H3. The molecule has 0 amide bonds. The molecule has 2 aromatic heterocycles. The van der Waals surface area contributed by atoms with Gasteiger partial charge in [-0.25, -0.2) is 0 Å². The number of nitrogens with zero attached hydrogens (tertiary/aromatic N) is 2. The van der Waals surface area contributed by atoms with E-state index in [4.69, 9.17) is 0 Å². The van der Waals surface area contributed by atoms with Gasteiger partial charge in [0.05, 0.1) is 0 Å². The van der Waals surface area contributed by atoms with Gasteiger partial charge >= 0.3 is 0 Å².